The number of nitrogens with one attached hydrogen (secondary N) is 2. The molecule has 2 amide bonds. The summed E-state index contributed by atoms with van der Waals surface area (Å²) in [7, 11) is 0. The Labute approximate surface area is 217 Å². The fraction of sp³-hybridized carbons (Fsp3) is 0.643. The molecule has 1 aromatic rings. The van der Waals surface area contributed by atoms with Crippen LogP contribution in [0.4, 0.5) is 26.3 Å². The van der Waals surface area contributed by atoms with Gasteiger partial charge in [-0.05, 0) is 67.3 Å². The minimum atomic E-state index is -5.82. The molecule has 2 N–H and O–H groups in total. The van der Waals surface area contributed by atoms with Crippen molar-refractivity contribution < 1.29 is 35.9 Å². The standard InChI is InChI=1S/C28H32F6N2O2/c1-24-14-12-19-17(8-11-21-25(19,2)15-13-22(37)35-21)18(24)9-10-20(24)23(38)36-26(27(29,30)31,28(32,33)34)16-6-4-3-5-7-16/h3-7,10,17-19,21H,8-9,11-15H2,1-2H3,(H,35,37)(H,36,38)/t17-,18-,19+,21?,24-,25+/m0/s1. The van der Waals surface area contributed by atoms with Gasteiger partial charge >= 0.3 is 12.4 Å². The second-order valence-electron chi connectivity index (χ2n) is 12.0. The third-order valence-corrected chi connectivity index (χ3v) is 10.3. The molecule has 4 nitrogen and oxygen atoms in total. The largest absolute Gasteiger partial charge is 0.424 e. The highest BCUT2D eigenvalue weighted by Gasteiger charge is 2.73. The number of hydrogen-bond acceptors (Lipinski definition) is 2. The predicted molar refractivity (Wildman–Crippen MR) is 127 cm³/mol. The Morgan fingerprint density at radius 2 is 1.61 bits per heavy atom. The lowest BCUT2D eigenvalue weighted by atomic mass is 9.47. The molecule has 1 unspecified atom stereocenters. The first-order chi connectivity index (χ1) is 17.6. The van der Waals surface area contributed by atoms with Crippen LogP contribution in [-0.2, 0) is 15.1 Å². The molecule has 0 radical (unpaired) electrons. The summed E-state index contributed by atoms with van der Waals surface area (Å²) in [6, 6.07) is 5.04. The molecule has 1 saturated heterocycles. The summed E-state index contributed by atoms with van der Waals surface area (Å²) in [5.41, 5.74) is -6.54. The van der Waals surface area contributed by atoms with Crippen molar-refractivity contribution in [3.8, 4) is 0 Å². The van der Waals surface area contributed by atoms with Crippen LogP contribution in [0.1, 0.15) is 64.4 Å². The van der Waals surface area contributed by atoms with E-state index in [9.17, 15) is 35.9 Å². The molecule has 5 rings (SSSR count). The lowest BCUT2D eigenvalue weighted by Gasteiger charge is -2.60. The number of carbonyl (C=O) groups is 2. The molecule has 38 heavy (non-hydrogen) atoms. The number of halogens is 6. The molecule has 4 aliphatic rings. The number of benzene rings is 1. The summed E-state index contributed by atoms with van der Waals surface area (Å²) in [6.45, 7) is 4.00. The van der Waals surface area contributed by atoms with Crippen molar-refractivity contribution >= 4 is 11.8 Å². The molecular weight excluding hydrogens is 510 g/mol. The third kappa shape index (κ3) is 3.79. The van der Waals surface area contributed by atoms with Crippen molar-refractivity contribution in [1.29, 1.82) is 0 Å². The topological polar surface area (TPSA) is 58.2 Å². The van der Waals surface area contributed by atoms with Gasteiger partial charge in [0.1, 0.15) is 0 Å². The van der Waals surface area contributed by atoms with Gasteiger partial charge in [0.05, 0.1) is 0 Å². The lowest BCUT2D eigenvalue weighted by molar-refractivity contribution is -0.311. The molecule has 3 aliphatic carbocycles. The third-order valence-electron chi connectivity index (χ3n) is 10.3. The zero-order valence-electron chi connectivity index (χ0n) is 21.3. The highest BCUT2D eigenvalue weighted by Crippen LogP contribution is 2.64. The van der Waals surface area contributed by atoms with Gasteiger partial charge in [-0.3, -0.25) is 9.59 Å². The first-order valence-corrected chi connectivity index (χ1v) is 13.2. The van der Waals surface area contributed by atoms with E-state index in [2.05, 4.69) is 12.2 Å². The normalized spacial score (nSPS) is 35.4. The highest BCUT2D eigenvalue weighted by atomic mass is 19.4. The van der Waals surface area contributed by atoms with Gasteiger partial charge in [-0.2, -0.15) is 26.3 Å². The van der Waals surface area contributed by atoms with Crippen molar-refractivity contribution in [2.75, 3.05) is 0 Å². The number of carbonyl (C=O) groups excluding carboxylic acids is 2. The molecule has 6 atom stereocenters. The van der Waals surface area contributed by atoms with Gasteiger partial charge in [0.25, 0.3) is 5.54 Å². The van der Waals surface area contributed by atoms with Crippen molar-refractivity contribution in [3.05, 3.63) is 47.5 Å². The number of fused-ring (bicyclic) bond motifs is 5. The minimum Gasteiger partial charge on any atom is -0.353 e. The summed E-state index contributed by atoms with van der Waals surface area (Å²) in [5, 5.41) is 4.58. The maximum Gasteiger partial charge on any atom is 0.424 e. The molecule has 208 valence electrons. The Kier molecular flexibility index (Phi) is 6.23. The Balaban J connectivity index is 1.45. The number of rotatable bonds is 3. The van der Waals surface area contributed by atoms with Crippen molar-refractivity contribution in [1.82, 2.24) is 10.6 Å². The van der Waals surface area contributed by atoms with Crippen LogP contribution in [0.3, 0.4) is 0 Å². The maximum absolute atomic E-state index is 14.3. The van der Waals surface area contributed by atoms with Crippen LogP contribution >= 0.6 is 0 Å². The molecular formula is C28H32F6N2O2. The molecule has 1 aliphatic heterocycles. The van der Waals surface area contributed by atoms with Crippen LogP contribution in [0.2, 0.25) is 0 Å². The Bertz CT molecular complexity index is 1130. The SMILES string of the molecule is C[C@]12CCC(=O)NC1CC[C@@H]1[C@H]2CC[C@]2(C)C(C(=O)NC(c3ccccc3)(C(F)(F)F)C(F)(F)F)=CC[C@@H]12. The van der Waals surface area contributed by atoms with E-state index >= 15 is 0 Å². The highest BCUT2D eigenvalue weighted by molar-refractivity contribution is 5.96. The van der Waals surface area contributed by atoms with Crippen LogP contribution in [0, 0.1) is 28.6 Å². The monoisotopic (exact) mass is 542 g/mol. The number of alkyl halides is 6. The van der Waals surface area contributed by atoms with E-state index in [-0.39, 0.29) is 40.7 Å². The van der Waals surface area contributed by atoms with E-state index in [0.717, 1.165) is 43.5 Å². The summed E-state index contributed by atoms with van der Waals surface area (Å²) in [4.78, 5) is 25.5. The Hall–Kier alpha value is -2.52. The van der Waals surface area contributed by atoms with Gasteiger partial charge < -0.3 is 10.6 Å². The van der Waals surface area contributed by atoms with Crippen LogP contribution in [0.5, 0.6) is 0 Å². The summed E-state index contributed by atoms with van der Waals surface area (Å²) < 4.78 is 85.8. The quantitative estimate of drug-likeness (QED) is 0.448. The number of piperidine rings is 1. The zero-order valence-corrected chi connectivity index (χ0v) is 21.3. The second-order valence-corrected chi connectivity index (χ2v) is 12.0. The minimum absolute atomic E-state index is 0.0129. The summed E-state index contributed by atoms with van der Waals surface area (Å²) in [6.07, 6.45) is -5.68. The fourth-order valence-electron chi connectivity index (χ4n) is 8.25. The van der Waals surface area contributed by atoms with Crippen LogP contribution < -0.4 is 10.6 Å². The molecule has 0 spiro atoms. The first kappa shape index (κ1) is 27.1. The average molecular weight is 543 g/mol. The van der Waals surface area contributed by atoms with E-state index in [1.54, 1.807) is 6.08 Å². The van der Waals surface area contributed by atoms with E-state index in [4.69, 9.17) is 0 Å². The molecule has 10 heteroatoms. The van der Waals surface area contributed by atoms with E-state index < -0.39 is 34.8 Å². The first-order valence-electron chi connectivity index (χ1n) is 13.2. The molecule has 1 heterocycles. The molecule has 2 saturated carbocycles. The molecule has 0 aromatic heterocycles. The van der Waals surface area contributed by atoms with Gasteiger partial charge in [-0.25, -0.2) is 0 Å². The Morgan fingerprint density at radius 3 is 2.24 bits per heavy atom. The average Bonchev–Trinajstić information content (AvgIpc) is 3.19. The van der Waals surface area contributed by atoms with E-state index in [1.807, 2.05) is 6.92 Å². The van der Waals surface area contributed by atoms with Crippen molar-refractivity contribution in [3.63, 3.8) is 0 Å². The van der Waals surface area contributed by atoms with Gasteiger partial charge in [-0.1, -0.05) is 50.3 Å². The summed E-state index contributed by atoms with van der Waals surface area (Å²) >= 11 is 0. The fourth-order valence-corrected chi connectivity index (χ4v) is 8.25. The van der Waals surface area contributed by atoms with Crippen molar-refractivity contribution in [2.24, 2.45) is 28.6 Å². The van der Waals surface area contributed by atoms with Crippen molar-refractivity contribution in [2.45, 2.75) is 82.7 Å². The molecule has 3 fully saturated rings. The van der Waals surface area contributed by atoms with Crippen LogP contribution in [0.25, 0.3) is 0 Å². The number of hydrogen-bond donors (Lipinski definition) is 2. The number of amides is 2. The smallest absolute Gasteiger partial charge is 0.353 e. The summed E-state index contributed by atoms with van der Waals surface area (Å²) in [5.74, 6) is -0.887. The van der Waals surface area contributed by atoms with Gasteiger partial charge in [-0.15, -0.1) is 0 Å². The van der Waals surface area contributed by atoms with E-state index in [0.29, 0.717) is 25.7 Å². The van der Waals surface area contributed by atoms with Crippen LogP contribution in [-0.4, -0.2) is 30.2 Å². The van der Waals surface area contributed by atoms with Gasteiger partial charge in [0.2, 0.25) is 11.8 Å². The second kappa shape index (κ2) is 8.74. The van der Waals surface area contributed by atoms with Gasteiger partial charge in [0.15, 0.2) is 0 Å². The zero-order chi connectivity index (χ0) is 27.7. The van der Waals surface area contributed by atoms with Crippen LogP contribution in [0.15, 0.2) is 42.0 Å². The molecule has 1 aromatic carbocycles. The van der Waals surface area contributed by atoms with Gasteiger partial charge in [0, 0.05) is 23.5 Å². The lowest BCUT2D eigenvalue weighted by Crippen LogP contribution is -2.65. The maximum atomic E-state index is 14.3. The Morgan fingerprint density at radius 1 is 0.947 bits per heavy atom. The molecule has 0 bridgehead atoms. The number of allylic oxidation sites excluding steroid dienone is 1. The predicted octanol–water partition coefficient (Wildman–Crippen LogP) is 6.18. The van der Waals surface area contributed by atoms with E-state index in [1.165, 1.54) is 11.4 Å².